The van der Waals surface area contributed by atoms with Gasteiger partial charge in [-0.3, -0.25) is 4.79 Å². The van der Waals surface area contributed by atoms with Crippen LogP contribution in [0.5, 0.6) is 0 Å². The predicted octanol–water partition coefficient (Wildman–Crippen LogP) is 1.17. The Morgan fingerprint density at radius 1 is 1.22 bits per heavy atom. The fraction of sp³-hybridized carbons (Fsp3) is 0.929. The Balaban J connectivity index is 1.72. The molecule has 4 nitrogen and oxygen atoms in total. The van der Waals surface area contributed by atoms with Crippen molar-refractivity contribution in [3.05, 3.63) is 0 Å². The van der Waals surface area contributed by atoms with Gasteiger partial charge in [-0.1, -0.05) is 12.8 Å². The minimum Gasteiger partial charge on any atom is -0.388 e. The van der Waals surface area contributed by atoms with Gasteiger partial charge in [-0.25, -0.2) is 0 Å². The van der Waals surface area contributed by atoms with Crippen LogP contribution < -0.4 is 11.1 Å². The maximum absolute atomic E-state index is 12.0. The largest absolute Gasteiger partial charge is 0.388 e. The molecule has 0 saturated heterocycles. The van der Waals surface area contributed by atoms with Gasteiger partial charge >= 0.3 is 0 Å². The van der Waals surface area contributed by atoms with Crippen LogP contribution in [0.1, 0.15) is 51.4 Å². The molecule has 0 aromatic heterocycles. The van der Waals surface area contributed by atoms with Crippen molar-refractivity contribution < 1.29 is 9.90 Å². The second kappa shape index (κ2) is 6.02. The number of nitrogens with two attached hydrogens (primary N) is 1. The zero-order valence-corrected chi connectivity index (χ0v) is 11.2. The first-order valence-corrected chi connectivity index (χ1v) is 7.33. The molecule has 2 saturated carbocycles. The zero-order chi connectivity index (χ0) is 13.0. The van der Waals surface area contributed by atoms with Crippen LogP contribution in [-0.2, 0) is 4.79 Å². The fourth-order valence-electron chi connectivity index (χ4n) is 3.27. The number of amides is 1. The van der Waals surface area contributed by atoms with Crippen molar-refractivity contribution in [1.29, 1.82) is 0 Å². The van der Waals surface area contributed by atoms with Gasteiger partial charge < -0.3 is 16.2 Å². The van der Waals surface area contributed by atoms with Crippen molar-refractivity contribution in [2.24, 2.45) is 17.6 Å². The predicted molar refractivity (Wildman–Crippen MR) is 70.9 cm³/mol. The van der Waals surface area contributed by atoms with Gasteiger partial charge in [0.2, 0.25) is 5.91 Å². The van der Waals surface area contributed by atoms with Gasteiger partial charge in [0.1, 0.15) is 0 Å². The highest BCUT2D eigenvalue weighted by Crippen LogP contribution is 2.30. The van der Waals surface area contributed by atoms with Crippen LogP contribution in [-0.4, -0.2) is 29.7 Å². The Hall–Kier alpha value is -0.610. The van der Waals surface area contributed by atoms with E-state index < -0.39 is 5.60 Å². The van der Waals surface area contributed by atoms with Gasteiger partial charge in [-0.2, -0.15) is 0 Å². The molecule has 4 N–H and O–H groups in total. The number of aliphatic hydroxyl groups is 1. The Morgan fingerprint density at radius 3 is 2.39 bits per heavy atom. The standard InChI is InChI=1S/C14H26N2O2/c15-9-11-3-5-12(6-4-11)13(17)16-10-14(18)7-1-2-8-14/h11-12,18H,1-10,15H2,(H,16,17). The molecular weight excluding hydrogens is 228 g/mol. The summed E-state index contributed by atoms with van der Waals surface area (Å²) in [4.78, 5) is 12.0. The van der Waals surface area contributed by atoms with Crippen LogP contribution >= 0.6 is 0 Å². The lowest BCUT2D eigenvalue weighted by Crippen LogP contribution is -2.43. The summed E-state index contributed by atoms with van der Waals surface area (Å²) < 4.78 is 0. The number of rotatable bonds is 4. The maximum Gasteiger partial charge on any atom is 0.223 e. The average Bonchev–Trinajstić information content (AvgIpc) is 2.83. The lowest BCUT2D eigenvalue weighted by Gasteiger charge is -2.28. The molecule has 0 heterocycles. The van der Waals surface area contributed by atoms with Gasteiger partial charge in [0, 0.05) is 12.5 Å². The molecule has 2 rings (SSSR count). The van der Waals surface area contributed by atoms with Crippen LogP contribution in [0.2, 0.25) is 0 Å². The van der Waals surface area contributed by atoms with E-state index in [1.807, 2.05) is 0 Å². The molecule has 0 atom stereocenters. The van der Waals surface area contributed by atoms with Crippen LogP contribution in [0.3, 0.4) is 0 Å². The summed E-state index contributed by atoms with van der Waals surface area (Å²) in [6, 6.07) is 0. The Morgan fingerprint density at radius 2 is 1.83 bits per heavy atom. The molecule has 4 heteroatoms. The summed E-state index contributed by atoms with van der Waals surface area (Å²) in [6.07, 6.45) is 7.85. The zero-order valence-electron chi connectivity index (χ0n) is 11.2. The minimum absolute atomic E-state index is 0.130. The van der Waals surface area contributed by atoms with Gasteiger partial charge in [0.15, 0.2) is 0 Å². The lowest BCUT2D eigenvalue weighted by molar-refractivity contribution is -0.127. The summed E-state index contributed by atoms with van der Waals surface area (Å²) >= 11 is 0. The Bertz CT molecular complexity index is 280. The first kappa shape index (κ1) is 13.8. The second-order valence-corrected chi connectivity index (χ2v) is 6.10. The molecule has 2 aliphatic carbocycles. The summed E-state index contributed by atoms with van der Waals surface area (Å²) in [5.41, 5.74) is 5.02. The molecule has 0 spiro atoms. The number of nitrogens with one attached hydrogen (secondary N) is 1. The highest BCUT2D eigenvalue weighted by Gasteiger charge is 2.32. The first-order valence-electron chi connectivity index (χ1n) is 7.33. The average molecular weight is 254 g/mol. The minimum atomic E-state index is -0.635. The third kappa shape index (κ3) is 3.45. The molecule has 0 unspecified atom stereocenters. The Labute approximate surface area is 109 Å². The van der Waals surface area contributed by atoms with E-state index in [0.29, 0.717) is 12.5 Å². The molecule has 2 fully saturated rings. The quantitative estimate of drug-likeness (QED) is 0.705. The third-order valence-corrected chi connectivity index (χ3v) is 4.68. The van der Waals surface area contributed by atoms with E-state index in [1.54, 1.807) is 0 Å². The highest BCUT2D eigenvalue weighted by molar-refractivity contribution is 5.78. The smallest absolute Gasteiger partial charge is 0.223 e. The van der Waals surface area contributed by atoms with Crippen molar-refractivity contribution in [2.75, 3.05) is 13.1 Å². The van der Waals surface area contributed by atoms with Crippen molar-refractivity contribution in [1.82, 2.24) is 5.32 Å². The Kier molecular flexibility index (Phi) is 4.62. The summed E-state index contributed by atoms with van der Waals surface area (Å²) in [6.45, 7) is 1.18. The molecule has 2 aliphatic rings. The van der Waals surface area contributed by atoms with E-state index in [2.05, 4.69) is 5.32 Å². The molecule has 0 radical (unpaired) electrons. The van der Waals surface area contributed by atoms with E-state index in [9.17, 15) is 9.90 Å². The van der Waals surface area contributed by atoms with Gasteiger partial charge in [-0.15, -0.1) is 0 Å². The molecule has 18 heavy (non-hydrogen) atoms. The number of hydrogen-bond acceptors (Lipinski definition) is 3. The fourth-order valence-corrected chi connectivity index (χ4v) is 3.27. The summed E-state index contributed by atoms with van der Waals surface area (Å²) in [5.74, 6) is 0.872. The van der Waals surface area contributed by atoms with E-state index in [0.717, 1.165) is 57.9 Å². The monoisotopic (exact) mass is 254 g/mol. The third-order valence-electron chi connectivity index (χ3n) is 4.68. The van der Waals surface area contributed by atoms with Crippen LogP contribution in [0.25, 0.3) is 0 Å². The SMILES string of the molecule is NCC1CCC(C(=O)NCC2(O)CCCC2)CC1. The molecular formula is C14H26N2O2. The van der Waals surface area contributed by atoms with Crippen molar-refractivity contribution in [3.63, 3.8) is 0 Å². The molecule has 1 amide bonds. The number of hydrogen-bond donors (Lipinski definition) is 3. The maximum atomic E-state index is 12.0. The van der Waals surface area contributed by atoms with E-state index >= 15 is 0 Å². The summed E-state index contributed by atoms with van der Waals surface area (Å²) in [5, 5.41) is 13.1. The van der Waals surface area contributed by atoms with Gasteiger partial charge in [0.05, 0.1) is 5.60 Å². The highest BCUT2D eigenvalue weighted by atomic mass is 16.3. The van der Waals surface area contributed by atoms with Crippen LogP contribution in [0.15, 0.2) is 0 Å². The normalized spacial score (nSPS) is 31.2. The van der Waals surface area contributed by atoms with E-state index in [4.69, 9.17) is 5.73 Å². The first-order chi connectivity index (χ1) is 8.63. The number of carbonyl (C=O) groups is 1. The van der Waals surface area contributed by atoms with Crippen molar-refractivity contribution >= 4 is 5.91 Å². The van der Waals surface area contributed by atoms with Gasteiger partial charge in [0.25, 0.3) is 0 Å². The topological polar surface area (TPSA) is 75.4 Å². The number of carbonyl (C=O) groups excluding carboxylic acids is 1. The van der Waals surface area contributed by atoms with E-state index in [-0.39, 0.29) is 11.8 Å². The van der Waals surface area contributed by atoms with Crippen molar-refractivity contribution in [3.8, 4) is 0 Å². The van der Waals surface area contributed by atoms with E-state index in [1.165, 1.54) is 0 Å². The molecule has 0 aromatic carbocycles. The van der Waals surface area contributed by atoms with Gasteiger partial charge in [-0.05, 0) is 51.0 Å². The lowest BCUT2D eigenvalue weighted by atomic mass is 9.81. The molecule has 0 aliphatic heterocycles. The molecule has 0 bridgehead atoms. The summed E-state index contributed by atoms with van der Waals surface area (Å²) in [7, 11) is 0. The second-order valence-electron chi connectivity index (χ2n) is 6.10. The molecule has 104 valence electrons. The van der Waals surface area contributed by atoms with Crippen LogP contribution in [0.4, 0.5) is 0 Å². The van der Waals surface area contributed by atoms with Crippen molar-refractivity contribution in [2.45, 2.75) is 57.0 Å². The molecule has 0 aromatic rings. The van der Waals surface area contributed by atoms with Crippen LogP contribution in [0, 0.1) is 11.8 Å².